The molecule has 3 N–H and O–H groups in total. The smallest absolute Gasteiger partial charge is 0.175 e. The van der Waals surface area contributed by atoms with Crippen molar-refractivity contribution in [2.45, 2.75) is 10.9 Å². The number of nitrogens with one attached hydrogen (secondary N) is 1. The molecule has 0 aliphatic carbocycles. The first-order valence-electron chi connectivity index (χ1n) is 6.04. The summed E-state index contributed by atoms with van der Waals surface area (Å²) < 4.78 is 37.8. The molecular weight excluding hydrogens is 359 g/mol. The fourth-order valence-corrected chi connectivity index (χ4v) is 3.09. The van der Waals surface area contributed by atoms with Gasteiger partial charge in [0.1, 0.15) is 5.82 Å². The second-order valence-corrected chi connectivity index (χ2v) is 7.46. The van der Waals surface area contributed by atoms with Gasteiger partial charge in [-0.2, -0.15) is 0 Å². The molecule has 0 saturated heterocycles. The maximum Gasteiger partial charge on any atom is 0.175 e. The molecule has 112 valence electrons. The fraction of sp³-hybridized carbons (Fsp3) is 0.143. The van der Waals surface area contributed by atoms with Crippen molar-refractivity contribution in [3.8, 4) is 0 Å². The van der Waals surface area contributed by atoms with Gasteiger partial charge in [-0.05, 0) is 39.7 Å². The van der Waals surface area contributed by atoms with Gasteiger partial charge < -0.3 is 0 Å². The molecule has 0 saturated carbocycles. The third-order valence-corrected chi connectivity index (χ3v) is 4.80. The molecule has 0 aliphatic heterocycles. The van der Waals surface area contributed by atoms with Crippen molar-refractivity contribution in [3.63, 3.8) is 0 Å². The fourth-order valence-electron chi connectivity index (χ4n) is 2.03. The van der Waals surface area contributed by atoms with Crippen LogP contribution in [0.3, 0.4) is 0 Å². The monoisotopic (exact) mass is 372 g/mol. The minimum atomic E-state index is -3.34. The van der Waals surface area contributed by atoms with E-state index in [-0.39, 0.29) is 4.90 Å². The highest BCUT2D eigenvalue weighted by Gasteiger charge is 2.19. The molecule has 1 atom stereocenters. The van der Waals surface area contributed by atoms with E-state index < -0.39 is 21.7 Å². The second-order valence-electron chi connectivity index (χ2n) is 4.59. The van der Waals surface area contributed by atoms with E-state index in [4.69, 9.17) is 5.84 Å². The number of sulfone groups is 1. The molecule has 0 bridgehead atoms. The van der Waals surface area contributed by atoms with Crippen molar-refractivity contribution < 1.29 is 12.8 Å². The van der Waals surface area contributed by atoms with Crippen molar-refractivity contribution in [1.29, 1.82) is 0 Å². The van der Waals surface area contributed by atoms with Crippen LogP contribution < -0.4 is 11.3 Å². The average Bonchev–Trinajstić information content (AvgIpc) is 2.44. The lowest BCUT2D eigenvalue weighted by Gasteiger charge is -2.18. The van der Waals surface area contributed by atoms with Gasteiger partial charge in [-0.3, -0.25) is 5.84 Å². The van der Waals surface area contributed by atoms with Gasteiger partial charge >= 0.3 is 0 Å². The highest BCUT2D eigenvalue weighted by molar-refractivity contribution is 9.10. The van der Waals surface area contributed by atoms with Gasteiger partial charge in [-0.1, -0.05) is 24.3 Å². The van der Waals surface area contributed by atoms with E-state index in [1.807, 2.05) is 0 Å². The average molecular weight is 373 g/mol. The Balaban J connectivity index is 2.55. The molecule has 0 amide bonds. The molecule has 0 aliphatic rings. The van der Waals surface area contributed by atoms with Crippen LogP contribution in [0.5, 0.6) is 0 Å². The van der Waals surface area contributed by atoms with Crippen LogP contribution in [-0.4, -0.2) is 14.7 Å². The minimum absolute atomic E-state index is 0.163. The Morgan fingerprint density at radius 1 is 1.24 bits per heavy atom. The summed E-state index contributed by atoms with van der Waals surface area (Å²) in [5.41, 5.74) is 3.42. The first kappa shape index (κ1) is 16.1. The zero-order valence-electron chi connectivity index (χ0n) is 11.2. The maximum atomic E-state index is 14.2. The summed E-state index contributed by atoms with van der Waals surface area (Å²) in [5, 5.41) is 0. The Morgan fingerprint density at radius 2 is 1.90 bits per heavy atom. The largest absolute Gasteiger partial charge is 0.271 e. The Morgan fingerprint density at radius 3 is 2.52 bits per heavy atom. The normalized spacial score (nSPS) is 13.1. The van der Waals surface area contributed by atoms with E-state index in [9.17, 15) is 12.8 Å². The zero-order valence-corrected chi connectivity index (χ0v) is 13.6. The number of benzene rings is 2. The number of hydrogen-bond donors (Lipinski definition) is 2. The maximum absolute atomic E-state index is 14.2. The Labute approximate surface area is 131 Å². The Kier molecular flexibility index (Phi) is 4.77. The highest BCUT2D eigenvalue weighted by atomic mass is 79.9. The standard InChI is InChI=1S/C14H14BrFN2O2S/c1-21(19,20)10-5-2-4-9(8-10)14(18-17)11-6-3-7-12(15)13(11)16/h2-8,14,18H,17H2,1H3. The number of rotatable bonds is 4. The molecule has 0 fully saturated rings. The molecule has 1 unspecified atom stereocenters. The number of hydrogen-bond acceptors (Lipinski definition) is 4. The predicted octanol–water partition coefficient (Wildman–Crippen LogP) is 2.54. The summed E-state index contributed by atoms with van der Waals surface area (Å²) in [6, 6.07) is 10.5. The summed E-state index contributed by atoms with van der Waals surface area (Å²) in [6.07, 6.45) is 1.12. The third kappa shape index (κ3) is 3.49. The summed E-state index contributed by atoms with van der Waals surface area (Å²) in [7, 11) is -3.34. The molecule has 2 rings (SSSR count). The lowest BCUT2D eigenvalue weighted by atomic mass is 9.99. The van der Waals surface area contributed by atoms with Gasteiger partial charge in [0.25, 0.3) is 0 Å². The third-order valence-electron chi connectivity index (χ3n) is 3.08. The van der Waals surface area contributed by atoms with E-state index in [0.717, 1.165) is 6.26 Å². The Bertz CT molecular complexity index is 765. The van der Waals surface area contributed by atoms with Gasteiger partial charge in [0, 0.05) is 11.8 Å². The van der Waals surface area contributed by atoms with E-state index in [0.29, 0.717) is 15.6 Å². The van der Waals surface area contributed by atoms with Gasteiger partial charge in [-0.25, -0.2) is 18.2 Å². The zero-order chi connectivity index (χ0) is 15.6. The Hall–Kier alpha value is -1.28. The number of hydrazine groups is 1. The van der Waals surface area contributed by atoms with Crippen LogP contribution >= 0.6 is 15.9 Å². The van der Waals surface area contributed by atoms with Gasteiger partial charge in [0.15, 0.2) is 9.84 Å². The summed E-state index contributed by atoms with van der Waals surface area (Å²) >= 11 is 3.12. The SMILES string of the molecule is CS(=O)(=O)c1cccc(C(NN)c2cccc(Br)c2F)c1. The van der Waals surface area contributed by atoms with E-state index in [1.165, 1.54) is 12.1 Å². The first-order valence-corrected chi connectivity index (χ1v) is 8.73. The van der Waals surface area contributed by atoms with Crippen molar-refractivity contribution in [1.82, 2.24) is 5.43 Å². The molecule has 0 spiro atoms. The highest BCUT2D eigenvalue weighted by Crippen LogP contribution is 2.28. The molecule has 0 heterocycles. The second kappa shape index (κ2) is 6.23. The van der Waals surface area contributed by atoms with Crippen LogP contribution in [0.15, 0.2) is 51.8 Å². The van der Waals surface area contributed by atoms with Crippen LogP contribution in [0, 0.1) is 5.82 Å². The van der Waals surface area contributed by atoms with Gasteiger partial charge in [-0.15, -0.1) is 0 Å². The van der Waals surface area contributed by atoms with Crippen LogP contribution in [-0.2, 0) is 9.84 Å². The van der Waals surface area contributed by atoms with Crippen molar-refractivity contribution in [2.24, 2.45) is 5.84 Å². The van der Waals surface area contributed by atoms with E-state index in [2.05, 4.69) is 21.4 Å². The van der Waals surface area contributed by atoms with Gasteiger partial charge in [0.05, 0.1) is 15.4 Å². The molecule has 21 heavy (non-hydrogen) atoms. The van der Waals surface area contributed by atoms with Crippen LogP contribution in [0.2, 0.25) is 0 Å². The lowest BCUT2D eigenvalue weighted by Crippen LogP contribution is -2.29. The number of halogens is 2. The van der Waals surface area contributed by atoms with Crippen LogP contribution in [0.25, 0.3) is 0 Å². The molecule has 2 aromatic rings. The van der Waals surface area contributed by atoms with Crippen molar-refractivity contribution in [2.75, 3.05) is 6.26 Å². The first-order chi connectivity index (χ1) is 9.84. The molecule has 0 aromatic heterocycles. The van der Waals surface area contributed by atoms with E-state index >= 15 is 0 Å². The molecule has 4 nitrogen and oxygen atoms in total. The van der Waals surface area contributed by atoms with E-state index in [1.54, 1.807) is 30.3 Å². The summed E-state index contributed by atoms with van der Waals surface area (Å²) in [4.78, 5) is 0.163. The summed E-state index contributed by atoms with van der Waals surface area (Å²) in [6.45, 7) is 0. The van der Waals surface area contributed by atoms with Crippen LogP contribution in [0.1, 0.15) is 17.2 Å². The molecular formula is C14H14BrFN2O2S. The summed E-state index contributed by atoms with van der Waals surface area (Å²) in [5.74, 6) is 5.09. The van der Waals surface area contributed by atoms with Crippen molar-refractivity contribution in [3.05, 3.63) is 63.9 Å². The van der Waals surface area contributed by atoms with Crippen molar-refractivity contribution >= 4 is 25.8 Å². The lowest BCUT2D eigenvalue weighted by molar-refractivity contribution is 0.555. The molecule has 7 heteroatoms. The molecule has 2 aromatic carbocycles. The quantitative estimate of drug-likeness (QED) is 0.638. The molecule has 0 radical (unpaired) electrons. The topological polar surface area (TPSA) is 72.2 Å². The number of nitrogens with two attached hydrogens (primary N) is 1. The van der Waals surface area contributed by atoms with Gasteiger partial charge in [0.2, 0.25) is 0 Å². The predicted molar refractivity (Wildman–Crippen MR) is 82.8 cm³/mol. The van der Waals surface area contributed by atoms with Crippen LogP contribution in [0.4, 0.5) is 4.39 Å². The minimum Gasteiger partial charge on any atom is -0.271 e.